The molecule has 0 unspecified atom stereocenters. The zero-order valence-electron chi connectivity index (χ0n) is 12.2. The van der Waals surface area contributed by atoms with Crippen LogP contribution in [-0.4, -0.2) is 49.1 Å². The van der Waals surface area contributed by atoms with Crippen LogP contribution in [0.15, 0.2) is 12.7 Å². The molecule has 21 heavy (non-hydrogen) atoms. The van der Waals surface area contributed by atoms with E-state index < -0.39 is 0 Å². The lowest BCUT2D eigenvalue weighted by atomic mass is 10.0. The number of hydrogen-bond donors (Lipinski definition) is 0. The number of rotatable bonds is 6. The van der Waals surface area contributed by atoms with Gasteiger partial charge >= 0.3 is 0 Å². The Morgan fingerprint density at radius 2 is 2.33 bits per heavy atom. The molecule has 0 saturated carbocycles. The minimum absolute atomic E-state index is 0.486. The summed E-state index contributed by atoms with van der Waals surface area (Å²) in [5, 5.41) is 14.2. The largest absolute Gasteiger partial charge is 0.469 e. The third-order valence-electron chi connectivity index (χ3n) is 3.67. The minimum atomic E-state index is 0.486. The molecule has 0 aliphatic carbocycles. The van der Waals surface area contributed by atoms with Crippen LogP contribution in [0.4, 0.5) is 0 Å². The molecular formula is C13H20N6OS. The van der Waals surface area contributed by atoms with E-state index in [4.69, 9.17) is 4.74 Å². The van der Waals surface area contributed by atoms with Gasteiger partial charge in [0.2, 0.25) is 0 Å². The lowest BCUT2D eigenvalue weighted by Crippen LogP contribution is -2.41. The summed E-state index contributed by atoms with van der Waals surface area (Å²) in [6.07, 6.45) is 7.08. The highest BCUT2D eigenvalue weighted by Gasteiger charge is 2.24. The topological polar surface area (TPSA) is 69.0 Å². The van der Waals surface area contributed by atoms with Crippen molar-refractivity contribution in [2.45, 2.75) is 45.3 Å². The van der Waals surface area contributed by atoms with Crippen molar-refractivity contribution < 1.29 is 4.74 Å². The Hall–Kier alpha value is -1.54. The van der Waals surface area contributed by atoms with Gasteiger partial charge in [-0.3, -0.25) is 9.58 Å². The van der Waals surface area contributed by atoms with Crippen molar-refractivity contribution in [3.63, 3.8) is 0 Å². The molecule has 1 aliphatic heterocycles. The Balaban J connectivity index is 1.63. The average Bonchev–Trinajstić information content (AvgIpc) is 3.14. The van der Waals surface area contributed by atoms with Crippen molar-refractivity contribution in [2.75, 3.05) is 13.2 Å². The first kappa shape index (κ1) is 14.4. The molecule has 0 bridgehead atoms. The summed E-state index contributed by atoms with van der Waals surface area (Å²) in [6, 6.07) is 0.486. The zero-order chi connectivity index (χ0) is 14.5. The van der Waals surface area contributed by atoms with E-state index in [1.54, 1.807) is 24.0 Å². The monoisotopic (exact) mass is 308 g/mol. The Morgan fingerprint density at radius 3 is 3.14 bits per heavy atom. The van der Waals surface area contributed by atoms with Crippen LogP contribution >= 0.6 is 11.3 Å². The van der Waals surface area contributed by atoms with Crippen molar-refractivity contribution in [2.24, 2.45) is 0 Å². The quantitative estimate of drug-likeness (QED) is 0.807. The highest BCUT2D eigenvalue weighted by Crippen LogP contribution is 2.24. The van der Waals surface area contributed by atoms with Gasteiger partial charge in [-0.2, -0.15) is 5.10 Å². The Kier molecular flexibility index (Phi) is 4.76. The Morgan fingerprint density at radius 1 is 1.38 bits per heavy atom. The summed E-state index contributed by atoms with van der Waals surface area (Å²) in [5.41, 5.74) is 0. The van der Waals surface area contributed by atoms with Gasteiger partial charge in [-0.05, 0) is 26.3 Å². The average molecular weight is 308 g/mol. The van der Waals surface area contributed by atoms with E-state index in [0.29, 0.717) is 17.8 Å². The van der Waals surface area contributed by atoms with Gasteiger partial charge in [0.15, 0.2) is 0 Å². The highest BCUT2D eigenvalue weighted by molar-refractivity contribution is 7.13. The van der Waals surface area contributed by atoms with E-state index in [9.17, 15) is 0 Å². The normalized spacial score (nSPS) is 19.8. The van der Waals surface area contributed by atoms with Gasteiger partial charge < -0.3 is 4.74 Å². The predicted molar refractivity (Wildman–Crippen MR) is 79.1 cm³/mol. The van der Waals surface area contributed by atoms with Gasteiger partial charge in [0.25, 0.3) is 5.19 Å². The van der Waals surface area contributed by atoms with E-state index >= 15 is 0 Å². The van der Waals surface area contributed by atoms with E-state index in [1.807, 2.05) is 11.6 Å². The molecule has 0 spiro atoms. The first-order valence-electron chi connectivity index (χ1n) is 7.37. The number of likely N-dealkylation sites (tertiary alicyclic amines) is 1. The first-order chi connectivity index (χ1) is 10.3. The lowest BCUT2D eigenvalue weighted by molar-refractivity contribution is 0.121. The summed E-state index contributed by atoms with van der Waals surface area (Å²) in [7, 11) is 0. The molecule has 1 aliphatic rings. The molecule has 0 aromatic carbocycles. The summed E-state index contributed by atoms with van der Waals surface area (Å²) < 4.78 is 7.30. The minimum Gasteiger partial charge on any atom is -0.469 e. The van der Waals surface area contributed by atoms with Crippen molar-refractivity contribution >= 4 is 11.3 Å². The molecule has 7 nitrogen and oxygen atoms in total. The zero-order valence-corrected chi connectivity index (χ0v) is 13.0. The summed E-state index contributed by atoms with van der Waals surface area (Å²) in [5.74, 6) is 0. The van der Waals surface area contributed by atoms with E-state index in [0.717, 1.165) is 24.6 Å². The van der Waals surface area contributed by atoms with Crippen LogP contribution in [0.25, 0.3) is 0 Å². The highest BCUT2D eigenvalue weighted by atomic mass is 32.1. The smallest absolute Gasteiger partial charge is 0.294 e. The maximum Gasteiger partial charge on any atom is 0.294 e. The fraction of sp³-hybridized carbons (Fsp3) is 0.692. The number of hydrogen-bond acceptors (Lipinski definition) is 7. The van der Waals surface area contributed by atoms with E-state index in [1.165, 1.54) is 19.3 Å². The van der Waals surface area contributed by atoms with Crippen molar-refractivity contribution in [1.29, 1.82) is 0 Å². The SMILES string of the molecule is CCOc1nnc(CN2CCCC[C@@H]2Cn2cncn2)s1. The summed E-state index contributed by atoms with van der Waals surface area (Å²) >= 11 is 1.54. The molecule has 2 aromatic rings. The molecule has 0 amide bonds. The molecule has 3 rings (SSSR count). The Labute approximate surface area is 128 Å². The second-order valence-corrected chi connectivity index (χ2v) is 6.16. The van der Waals surface area contributed by atoms with Gasteiger partial charge in [0, 0.05) is 6.04 Å². The van der Waals surface area contributed by atoms with Crippen molar-refractivity contribution in [3.05, 3.63) is 17.7 Å². The van der Waals surface area contributed by atoms with Gasteiger partial charge in [-0.25, -0.2) is 4.98 Å². The fourth-order valence-corrected chi connectivity index (χ4v) is 3.45. The first-order valence-corrected chi connectivity index (χ1v) is 8.18. The molecule has 1 fully saturated rings. The molecule has 0 N–H and O–H groups in total. The second-order valence-electron chi connectivity index (χ2n) is 5.13. The lowest BCUT2D eigenvalue weighted by Gasteiger charge is -2.34. The Bertz CT molecular complexity index is 543. The van der Waals surface area contributed by atoms with Gasteiger partial charge in [-0.1, -0.05) is 17.8 Å². The summed E-state index contributed by atoms with van der Waals surface area (Å²) in [6.45, 7) is 5.41. The molecule has 2 aromatic heterocycles. The maximum atomic E-state index is 5.39. The van der Waals surface area contributed by atoms with Crippen LogP contribution in [0.3, 0.4) is 0 Å². The third kappa shape index (κ3) is 3.76. The second kappa shape index (κ2) is 6.95. The predicted octanol–water partition coefficient (Wildman–Crippen LogP) is 1.58. The number of aromatic nitrogens is 5. The van der Waals surface area contributed by atoms with Gasteiger partial charge in [0.05, 0.1) is 19.7 Å². The van der Waals surface area contributed by atoms with Crippen LogP contribution in [-0.2, 0) is 13.1 Å². The van der Waals surface area contributed by atoms with Crippen molar-refractivity contribution in [1.82, 2.24) is 29.9 Å². The van der Waals surface area contributed by atoms with Gasteiger partial charge in [-0.15, -0.1) is 10.2 Å². The van der Waals surface area contributed by atoms with Crippen LogP contribution in [0.5, 0.6) is 5.19 Å². The molecule has 1 atom stereocenters. The number of ether oxygens (including phenoxy) is 1. The van der Waals surface area contributed by atoms with E-state index in [2.05, 4.69) is 25.2 Å². The van der Waals surface area contributed by atoms with E-state index in [-0.39, 0.29) is 0 Å². The molecule has 114 valence electrons. The molecule has 3 heterocycles. The molecular weight excluding hydrogens is 288 g/mol. The molecule has 1 saturated heterocycles. The van der Waals surface area contributed by atoms with Crippen LogP contribution in [0.1, 0.15) is 31.2 Å². The summed E-state index contributed by atoms with van der Waals surface area (Å²) in [4.78, 5) is 6.49. The third-order valence-corrected chi connectivity index (χ3v) is 4.49. The standard InChI is InChI=1S/C13H20N6OS/c1-2-20-13-17-16-12(21-13)8-18-6-4-3-5-11(18)7-19-10-14-9-15-19/h9-11H,2-8H2,1H3/t11-/m1/s1. The van der Waals surface area contributed by atoms with Crippen LogP contribution in [0.2, 0.25) is 0 Å². The van der Waals surface area contributed by atoms with Crippen molar-refractivity contribution in [3.8, 4) is 5.19 Å². The number of nitrogens with zero attached hydrogens (tertiary/aromatic N) is 6. The van der Waals surface area contributed by atoms with Gasteiger partial charge in [0.1, 0.15) is 17.7 Å². The maximum absolute atomic E-state index is 5.39. The number of piperidine rings is 1. The fourth-order valence-electron chi connectivity index (χ4n) is 2.68. The van der Waals surface area contributed by atoms with Crippen LogP contribution < -0.4 is 4.74 Å². The van der Waals surface area contributed by atoms with Crippen LogP contribution in [0, 0.1) is 0 Å². The molecule has 8 heteroatoms. The molecule has 0 radical (unpaired) electrons.